The van der Waals surface area contributed by atoms with Crippen LogP contribution < -0.4 is 10.4 Å². The van der Waals surface area contributed by atoms with Crippen molar-refractivity contribution in [3.8, 4) is 0 Å². The third-order valence-electron chi connectivity index (χ3n) is 5.96. The Morgan fingerprint density at radius 1 is 1.05 bits per heavy atom. The van der Waals surface area contributed by atoms with Crippen molar-refractivity contribution in [2.45, 2.75) is 57.9 Å². The minimum absolute atomic E-state index is 0.0771. The minimum atomic E-state index is -1.28. The summed E-state index contributed by atoms with van der Waals surface area (Å²) in [5, 5.41) is 26.3. The molecular weight excluding hydrogens is 490 g/mol. The summed E-state index contributed by atoms with van der Waals surface area (Å²) < 4.78 is 5.34. The lowest BCUT2D eigenvalue weighted by atomic mass is 9.92. The van der Waals surface area contributed by atoms with Crippen LogP contribution in [0.4, 0.5) is 9.59 Å². The fourth-order valence-electron chi connectivity index (χ4n) is 4.21. The highest BCUT2D eigenvalue weighted by Gasteiger charge is 2.29. The van der Waals surface area contributed by atoms with Crippen molar-refractivity contribution in [2.75, 3.05) is 6.54 Å². The van der Waals surface area contributed by atoms with Crippen LogP contribution in [0.25, 0.3) is 0 Å². The summed E-state index contributed by atoms with van der Waals surface area (Å²) in [6.07, 6.45) is -0.477. The van der Waals surface area contributed by atoms with Gasteiger partial charge in [0.2, 0.25) is 0 Å². The maximum absolute atomic E-state index is 12.6. The predicted octanol–water partition coefficient (Wildman–Crippen LogP) is 3.64. The Morgan fingerprint density at radius 3 is 2.22 bits per heavy atom. The second kappa shape index (κ2) is 14.3. The molecule has 0 aliphatic carbocycles. The molecule has 3 aromatic rings. The molecule has 2 amide bonds. The van der Waals surface area contributed by atoms with Gasteiger partial charge in [-0.05, 0) is 36.3 Å². The molecule has 3 unspecified atom stereocenters. The smallest absolute Gasteiger partial charge is 0.407 e. The van der Waals surface area contributed by atoms with Crippen LogP contribution in [0, 0.1) is 5.92 Å². The fourth-order valence-corrected chi connectivity index (χ4v) is 4.72. The first kappa shape index (κ1) is 28.1. The van der Waals surface area contributed by atoms with E-state index >= 15 is 0 Å². The molecule has 0 aliphatic heterocycles. The van der Waals surface area contributed by atoms with E-state index in [9.17, 15) is 19.8 Å². The van der Waals surface area contributed by atoms with Crippen LogP contribution in [0.3, 0.4) is 0 Å². The maximum atomic E-state index is 12.6. The SMILES string of the molecule is CC(C)CN(C(=O)[O-])C(Cc1ccccc1)CC(O)C(Cc1ccccc1)NC(=O)OCc1cncs1. The van der Waals surface area contributed by atoms with Crippen LogP contribution in [0.2, 0.25) is 0 Å². The number of alkyl carbamates (subject to hydrolysis) is 1. The first-order chi connectivity index (χ1) is 17.8. The predicted molar refractivity (Wildman–Crippen MR) is 141 cm³/mol. The number of benzene rings is 2. The van der Waals surface area contributed by atoms with E-state index in [-0.39, 0.29) is 25.5 Å². The zero-order chi connectivity index (χ0) is 26.6. The van der Waals surface area contributed by atoms with Gasteiger partial charge in [0.25, 0.3) is 0 Å². The van der Waals surface area contributed by atoms with Crippen molar-refractivity contribution >= 4 is 23.5 Å². The molecule has 0 aliphatic rings. The fraction of sp³-hybridized carbons (Fsp3) is 0.393. The van der Waals surface area contributed by atoms with E-state index in [2.05, 4.69) is 10.3 Å². The van der Waals surface area contributed by atoms with Crippen molar-refractivity contribution in [1.29, 1.82) is 0 Å². The van der Waals surface area contributed by atoms with Gasteiger partial charge in [0, 0.05) is 18.8 Å². The Hall–Kier alpha value is -3.43. The topological polar surface area (TPSA) is 115 Å². The summed E-state index contributed by atoms with van der Waals surface area (Å²) in [5.41, 5.74) is 3.53. The van der Waals surface area contributed by atoms with Crippen LogP contribution >= 0.6 is 11.3 Å². The lowest BCUT2D eigenvalue weighted by molar-refractivity contribution is -0.269. The number of nitrogens with one attached hydrogen (secondary N) is 1. The number of thiazole rings is 1. The van der Waals surface area contributed by atoms with Gasteiger partial charge in [0.05, 0.1) is 22.5 Å². The van der Waals surface area contributed by atoms with E-state index in [1.165, 1.54) is 16.2 Å². The normalized spacial score (nSPS) is 13.5. The summed E-state index contributed by atoms with van der Waals surface area (Å²) in [4.78, 5) is 30.8. The largest absolute Gasteiger partial charge is 0.530 e. The van der Waals surface area contributed by atoms with Gasteiger partial charge in [0.15, 0.2) is 0 Å². The molecule has 0 bridgehead atoms. The van der Waals surface area contributed by atoms with Crippen LogP contribution in [0.15, 0.2) is 72.4 Å². The number of rotatable bonds is 13. The molecule has 3 atom stereocenters. The number of ether oxygens (including phenoxy) is 1. The molecule has 2 N–H and O–H groups in total. The number of aromatic nitrogens is 1. The van der Waals surface area contributed by atoms with Gasteiger partial charge in [-0.25, -0.2) is 4.79 Å². The number of hydrogen-bond donors (Lipinski definition) is 2. The van der Waals surface area contributed by atoms with E-state index in [4.69, 9.17) is 4.74 Å². The Balaban J connectivity index is 1.78. The molecule has 0 saturated carbocycles. The quantitative estimate of drug-likeness (QED) is 0.353. The average Bonchev–Trinajstić information content (AvgIpc) is 3.40. The molecule has 1 heterocycles. The second-order valence-corrected chi connectivity index (χ2v) is 10.4. The number of carbonyl (C=O) groups is 2. The molecular formula is C28H34N3O5S-. The molecule has 0 saturated heterocycles. The maximum Gasteiger partial charge on any atom is 0.407 e. The Bertz CT molecular complexity index is 1080. The molecule has 1 aromatic heterocycles. The van der Waals surface area contributed by atoms with Gasteiger partial charge >= 0.3 is 6.09 Å². The highest BCUT2D eigenvalue weighted by Crippen LogP contribution is 2.19. The summed E-state index contributed by atoms with van der Waals surface area (Å²) >= 11 is 1.38. The van der Waals surface area contributed by atoms with Crippen LogP contribution in [-0.2, 0) is 24.2 Å². The van der Waals surface area contributed by atoms with Crippen molar-refractivity contribution in [3.63, 3.8) is 0 Å². The number of hydrogen-bond acceptors (Lipinski definition) is 7. The number of amides is 2. The monoisotopic (exact) mass is 524 g/mol. The molecule has 37 heavy (non-hydrogen) atoms. The van der Waals surface area contributed by atoms with Crippen LogP contribution in [0.1, 0.15) is 36.3 Å². The van der Waals surface area contributed by atoms with Crippen molar-refractivity contribution in [2.24, 2.45) is 5.92 Å². The minimum Gasteiger partial charge on any atom is -0.530 e. The lowest BCUT2D eigenvalue weighted by Gasteiger charge is -2.38. The standard InChI is InChI=1S/C28H35N3O5S/c1-20(2)17-31(28(34)35)23(13-21-9-5-3-6-10-21)15-26(32)25(14-22-11-7-4-8-12-22)30-27(33)36-18-24-16-29-19-37-24/h3-12,16,19-20,23,25-26,32H,13-15,17-18H2,1-2H3,(H,30,33)(H,34,35)/p-1. The molecule has 0 radical (unpaired) electrons. The third kappa shape index (κ3) is 9.51. The Kier molecular flexibility index (Phi) is 10.9. The van der Waals surface area contributed by atoms with Gasteiger partial charge in [-0.1, -0.05) is 74.5 Å². The van der Waals surface area contributed by atoms with Gasteiger partial charge < -0.3 is 30.0 Å². The van der Waals surface area contributed by atoms with Gasteiger partial charge in [0.1, 0.15) is 12.7 Å². The summed E-state index contributed by atoms with van der Waals surface area (Å²) in [7, 11) is 0. The number of carboxylic acid groups (broad SMARTS) is 1. The zero-order valence-electron chi connectivity index (χ0n) is 21.2. The first-order valence-electron chi connectivity index (χ1n) is 12.4. The zero-order valence-corrected chi connectivity index (χ0v) is 22.0. The highest BCUT2D eigenvalue weighted by molar-refractivity contribution is 7.09. The summed E-state index contributed by atoms with van der Waals surface area (Å²) in [6, 6.07) is 17.8. The molecule has 198 valence electrons. The van der Waals surface area contributed by atoms with E-state index in [1.807, 2.05) is 74.5 Å². The van der Waals surface area contributed by atoms with E-state index in [0.717, 1.165) is 16.0 Å². The number of aliphatic hydroxyl groups is 1. The molecule has 9 heteroatoms. The molecule has 8 nitrogen and oxygen atoms in total. The third-order valence-corrected chi connectivity index (χ3v) is 6.71. The summed E-state index contributed by atoms with van der Waals surface area (Å²) in [6.45, 7) is 4.23. The molecule has 0 fully saturated rings. The van der Waals surface area contributed by atoms with Crippen molar-refractivity contribution in [1.82, 2.24) is 15.2 Å². The number of aliphatic hydroxyl groups excluding tert-OH is 1. The highest BCUT2D eigenvalue weighted by atomic mass is 32.1. The van der Waals surface area contributed by atoms with Crippen LogP contribution in [-0.4, -0.2) is 51.9 Å². The van der Waals surface area contributed by atoms with Crippen LogP contribution in [0.5, 0.6) is 0 Å². The average molecular weight is 525 g/mol. The number of carbonyl (C=O) groups excluding carboxylic acids is 2. The second-order valence-electron chi connectivity index (χ2n) is 9.44. The van der Waals surface area contributed by atoms with Crippen molar-refractivity contribution < 1.29 is 24.5 Å². The lowest BCUT2D eigenvalue weighted by Crippen LogP contribution is -2.53. The van der Waals surface area contributed by atoms with Gasteiger partial charge in [-0.3, -0.25) is 4.98 Å². The number of nitrogens with zero attached hydrogens (tertiary/aromatic N) is 2. The Labute approximate surface area is 221 Å². The van der Waals surface area contributed by atoms with E-state index < -0.39 is 30.4 Å². The molecule has 3 rings (SSSR count). The molecule has 0 spiro atoms. The molecule has 2 aromatic carbocycles. The Morgan fingerprint density at radius 2 is 1.68 bits per heavy atom. The van der Waals surface area contributed by atoms with Crippen molar-refractivity contribution in [3.05, 3.63) is 88.4 Å². The van der Waals surface area contributed by atoms with Gasteiger partial charge in [-0.2, -0.15) is 0 Å². The van der Waals surface area contributed by atoms with E-state index in [0.29, 0.717) is 12.8 Å². The summed E-state index contributed by atoms with van der Waals surface area (Å²) in [5.74, 6) is 0.0771. The van der Waals surface area contributed by atoms with E-state index in [1.54, 1.807) is 11.7 Å². The van der Waals surface area contributed by atoms with Gasteiger partial charge in [-0.15, -0.1) is 11.3 Å². The first-order valence-corrected chi connectivity index (χ1v) is 13.2.